The molecule has 0 aliphatic carbocycles. The highest BCUT2D eigenvalue weighted by molar-refractivity contribution is 4.81. The number of unbranched alkanes of at least 4 members (excludes halogenated alkanes) is 3. The van der Waals surface area contributed by atoms with E-state index in [0.29, 0.717) is 5.92 Å². The first-order valence-electron chi connectivity index (χ1n) is 5.25. The molecule has 0 fully saturated rings. The summed E-state index contributed by atoms with van der Waals surface area (Å²) in [6.07, 6.45) is 12.3. The summed E-state index contributed by atoms with van der Waals surface area (Å²) >= 11 is 0. The molecule has 0 saturated carbocycles. The second-order valence-electron chi connectivity index (χ2n) is 3.65. The van der Waals surface area contributed by atoms with Crippen molar-refractivity contribution in [2.45, 2.75) is 52.4 Å². The molecule has 0 heterocycles. The van der Waals surface area contributed by atoms with Crippen molar-refractivity contribution in [1.29, 1.82) is 0 Å². The van der Waals surface area contributed by atoms with Crippen LogP contribution >= 0.6 is 0 Å². The van der Waals surface area contributed by atoms with Gasteiger partial charge >= 0.3 is 0 Å². The van der Waals surface area contributed by atoms with E-state index in [1.807, 2.05) is 0 Å². The van der Waals surface area contributed by atoms with E-state index in [1.54, 1.807) is 0 Å². The van der Waals surface area contributed by atoms with Crippen LogP contribution in [0.5, 0.6) is 0 Å². The van der Waals surface area contributed by atoms with E-state index in [1.165, 1.54) is 38.5 Å². The quantitative estimate of drug-likeness (QED) is 0.390. The van der Waals surface area contributed by atoms with Gasteiger partial charge in [0.15, 0.2) is 0 Å². The maximum atomic E-state index is 3.96. The third-order valence-electron chi connectivity index (χ3n) is 1.96. The Balaban J connectivity index is 3.03. The Bertz CT molecular complexity index is 101. The Morgan fingerprint density at radius 2 is 1.75 bits per heavy atom. The van der Waals surface area contributed by atoms with Crippen molar-refractivity contribution in [3.05, 3.63) is 19.1 Å². The van der Waals surface area contributed by atoms with Gasteiger partial charge in [-0.05, 0) is 25.2 Å². The minimum Gasteiger partial charge on any atom is -0.0885 e. The summed E-state index contributed by atoms with van der Waals surface area (Å²) in [5.74, 6) is 0.619. The third kappa shape index (κ3) is 9.74. The van der Waals surface area contributed by atoms with E-state index < -0.39 is 0 Å². The van der Waals surface area contributed by atoms with E-state index in [4.69, 9.17) is 0 Å². The van der Waals surface area contributed by atoms with Crippen molar-refractivity contribution >= 4 is 0 Å². The molecular formula is C12H23. The van der Waals surface area contributed by atoms with Gasteiger partial charge in [-0.15, -0.1) is 0 Å². The summed E-state index contributed by atoms with van der Waals surface area (Å²) in [5.41, 5.74) is 0. The van der Waals surface area contributed by atoms with Gasteiger partial charge in [0, 0.05) is 0 Å². The predicted molar refractivity (Wildman–Crippen MR) is 57.0 cm³/mol. The van der Waals surface area contributed by atoms with Crippen molar-refractivity contribution in [3.63, 3.8) is 0 Å². The van der Waals surface area contributed by atoms with E-state index in [-0.39, 0.29) is 0 Å². The van der Waals surface area contributed by atoms with Crippen LogP contribution in [0.15, 0.2) is 12.2 Å². The van der Waals surface area contributed by atoms with Gasteiger partial charge in [-0.3, -0.25) is 0 Å². The molecule has 0 aromatic rings. The number of hydrogen-bond acceptors (Lipinski definition) is 0. The lowest BCUT2D eigenvalue weighted by Gasteiger charge is -2.00. The van der Waals surface area contributed by atoms with E-state index in [2.05, 4.69) is 32.9 Å². The molecule has 0 aliphatic rings. The molecule has 1 atom stereocenters. The van der Waals surface area contributed by atoms with Crippen LogP contribution in [-0.2, 0) is 0 Å². The summed E-state index contributed by atoms with van der Waals surface area (Å²) in [6.45, 7) is 8.38. The first-order valence-corrected chi connectivity index (χ1v) is 5.25. The SMILES string of the molecule is [CH2]C(C)CCC/C=C/CCCC. The largest absolute Gasteiger partial charge is 0.0885 e. The highest BCUT2D eigenvalue weighted by Gasteiger charge is 1.90. The summed E-state index contributed by atoms with van der Waals surface area (Å²) in [6, 6.07) is 0. The average molecular weight is 167 g/mol. The van der Waals surface area contributed by atoms with Crippen LogP contribution in [0.4, 0.5) is 0 Å². The molecule has 71 valence electrons. The number of allylic oxidation sites excluding steroid dienone is 2. The van der Waals surface area contributed by atoms with Crippen molar-refractivity contribution in [2.75, 3.05) is 0 Å². The molecule has 0 aromatic carbocycles. The van der Waals surface area contributed by atoms with Crippen LogP contribution in [0.1, 0.15) is 52.4 Å². The summed E-state index contributed by atoms with van der Waals surface area (Å²) < 4.78 is 0. The molecule has 0 aromatic heterocycles. The molecule has 12 heavy (non-hydrogen) atoms. The zero-order chi connectivity index (χ0) is 9.23. The molecule has 0 amide bonds. The Morgan fingerprint density at radius 3 is 2.25 bits per heavy atom. The molecular weight excluding hydrogens is 144 g/mol. The van der Waals surface area contributed by atoms with Crippen LogP contribution in [0.3, 0.4) is 0 Å². The number of rotatable bonds is 7. The monoisotopic (exact) mass is 167 g/mol. The molecule has 0 aliphatic heterocycles. The fourth-order valence-electron chi connectivity index (χ4n) is 1.14. The Labute approximate surface area is 78.1 Å². The second kappa shape index (κ2) is 8.83. The van der Waals surface area contributed by atoms with E-state index in [9.17, 15) is 0 Å². The van der Waals surface area contributed by atoms with Gasteiger partial charge in [0.05, 0.1) is 0 Å². The van der Waals surface area contributed by atoms with E-state index in [0.717, 1.165) is 0 Å². The molecule has 0 nitrogen and oxygen atoms in total. The molecule has 1 unspecified atom stereocenters. The van der Waals surface area contributed by atoms with Crippen molar-refractivity contribution in [3.8, 4) is 0 Å². The van der Waals surface area contributed by atoms with Gasteiger partial charge in [0.2, 0.25) is 0 Å². The third-order valence-corrected chi connectivity index (χ3v) is 1.96. The molecule has 0 bridgehead atoms. The molecule has 0 rings (SSSR count). The normalized spacial score (nSPS) is 11.7. The first-order chi connectivity index (χ1) is 5.77. The Kier molecular flexibility index (Phi) is 8.64. The lowest BCUT2D eigenvalue weighted by molar-refractivity contribution is 0.608. The molecule has 0 spiro atoms. The summed E-state index contributed by atoms with van der Waals surface area (Å²) in [5, 5.41) is 0. The van der Waals surface area contributed by atoms with Gasteiger partial charge in [-0.1, -0.05) is 52.2 Å². The van der Waals surface area contributed by atoms with Gasteiger partial charge < -0.3 is 0 Å². The molecule has 0 N–H and O–H groups in total. The van der Waals surface area contributed by atoms with Gasteiger partial charge in [0.25, 0.3) is 0 Å². The minimum atomic E-state index is 0.619. The van der Waals surface area contributed by atoms with Crippen molar-refractivity contribution < 1.29 is 0 Å². The molecule has 0 saturated heterocycles. The topological polar surface area (TPSA) is 0 Å². The zero-order valence-corrected chi connectivity index (χ0v) is 8.68. The lowest BCUT2D eigenvalue weighted by atomic mass is 10.1. The maximum Gasteiger partial charge on any atom is -0.0351 e. The van der Waals surface area contributed by atoms with Crippen LogP contribution in [0.2, 0.25) is 0 Å². The number of hydrogen-bond donors (Lipinski definition) is 0. The minimum absolute atomic E-state index is 0.619. The maximum absolute atomic E-state index is 3.96. The fourth-order valence-corrected chi connectivity index (χ4v) is 1.14. The average Bonchev–Trinajstić information content (AvgIpc) is 2.02. The van der Waals surface area contributed by atoms with Crippen LogP contribution in [-0.4, -0.2) is 0 Å². The summed E-state index contributed by atoms with van der Waals surface area (Å²) in [7, 11) is 0. The smallest absolute Gasteiger partial charge is 0.0351 e. The Morgan fingerprint density at radius 1 is 1.17 bits per heavy atom. The zero-order valence-electron chi connectivity index (χ0n) is 8.68. The van der Waals surface area contributed by atoms with Gasteiger partial charge in [-0.25, -0.2) is 0 Å². The van der Waals surface area contributed by atoms with Gasteiger partial charge in [0.1, 0.15) is 0 Å². The van der Waals surface area contributed by atoms with E-state index >= 15 is 0 Å². The highest BCUT2D eigenvalue weighted by atomic mass is 14.0. The van der Waals surface area contributed by atoms with Crippen molar-refractivity contribution in [2.24, 2.45) is 5.92 Å². The highest BCUT2D eigenvalue weighted by Crippen LogP contribution is 2.06. The molecule has 0 heteroatoms. The fraction of sp³-hybridized carbons (Fsp3) is 0.750. The first kappa shape index (κ1) is 11.7. The predicted octanol–water partition coefficient (Wildman–Crippen LogP) is 4.37. The van der Waals surface area contributed by atoms with Crippen LogP contribution in [0, 0.1) is 12.8 Å². The second-order valence-corrected chi connectivity index (χ2v) is 3.65. The standard InChI is InChI=1S/C12H23/c1-4-5-6-7-8-9-10-11-12(2)3/h7-8,12H,2,4-6,9-11H2,1,3H3/b8-7+. The van der Waals surface area contributed by atoms with Crippen LogP contribution in [0.25, 0.3) is 0 Å². The summed E-state index contributed by atoms with van der Waals surface area (Å²) in [4.78, 5) is 0. The lowest BCUT2D eigenvalue weighted by Crippen LogP contribution is -1.85. The van der Waals surface area contributed by atoms with Gasteiger partial charge in [-0.2, -0.15) is 0 Å². The Hall–Kier alpha value is -0.260. The molecule has 1 radical (unpaired) electrons. The van der Waals surface area contributed by atoms with Crippen LogP contribution < -0.4 is 0 Å². The van der Waals surface area contributed by atoms with Crippen molar-refractivity contribution in [1.82, 2.24) is 0 Å².